The first-order chi connectivity index (χ1) is 13.0. The zero-order valence-corrected chi connectivity index (χ0v) is 15.2. The lowest BCUT2D eigenvalue weighted by Crippen LogP contribution is -2.07. The standard InChI is InChI=1S/C21H20N4O2/c1-12(2)7-15(26)8-13-3-5-18-16(9-13)17(21(27)22-18)10-14-4-6-19-20(11-14)24-25-23-19/h3-6,9-12,22,27H,7-8H2,1-2H3. The summed E-state index contributed by atoms with van der Waals surface area (Å²) in [4.78, 5) is 15.1. The highest BCUT2D eigenvalue weighted by atomic mass is 16.3. The van der Waals surface area contributed by atoms with Crippen molar-refractivity contribution in [2.24, 2.45) is 21.4 Å². The van der Waals surface area contributed by atoms with Crippen LogP contribution in [0.25, 0.3) is 17.0 Å². The van der Waals surface area contributed by atoms with Crippen molar-refractivity contribution < 1.29 is 9.90 Å². The Morgan fingerprint density at radius 1 is 1.22 bits per heavy atom. The Hall–Kier alpha value is -3.28. The van der Waals surface area contributed by atoms with Gasteiger partial charge in [-0.25, -0.2) is 0 Å². The summed E-state index contributed by atoms with van der Waals surface area (Å²) in [5.74, 6) is 0.676. The summed E-state index contributed by atoms with van der Waals surface area (Å²) in [6.45, 7) is 4.09. The molecule has 2 N–H and O–H groups in total. The Morgan fingerprint density at radius 2 is 2.07 bits per heavy atom. The summed E-state index contributed by atoms with van der Waals surface area (Å²) in [7, 11) is 0. The first kappa shape index (κ1) is 17.1. The van der Waals surface area contributed by atoms with Gasteiger partial charge in [-0.2, -0.15) is 0 Å². The first-order valence-electron chi connectivity index (χ1n) is 8.95. The molecule has 1 aliphatic heterocycles. The summed E-state index contributed by atoms with van der Waals surface area (Å²) < 4.78 is 0. The van der Waals surface area contributed by atoms with Gasteiger partial charge in [0.15, 0.2) is 5.88 Å². The Balaban J connectivity index is 1.74. The fourth-order valence-corrected chi connectivity index (χ4v) is 3.34. The second-order valence-electron chi connectivity index (χ2n) is 7.26. The third kappa shape index (κ3) is 3.51. The number of benzene rings is 2. The maximum Gasteiger partial charge on any atom is 0.196 e. The number of aromatic amines is 1. The van der Waals surface area contributed by atoms with E-state index in [9.17, 15) is 9.90 Å². The van der Waals surface area contributed by atoms with Crippen LogP contribution in [0.3, 0.4) is 0 Å². The van der Waals surface area contributed by atoms with E-state index in [1.54, 1.807) is 0 Å². The second-order valence-corrected chi connectivity index (χ2v) is 7.26. The van der Waals surface area contributed by atoms with E-state index in [0.717, 1.165) is 27.0 Å². The van der Waals surface area contributed by atoms with Gasteiger partial charge in [0, 0.05) is 29.3 Å². The molecule has 0 atom stereocenters. The van der Waals surface area contributed by atoms with Crippen molar-refractivity contribution in [3.63, 3.8) is 0 Å². The third-order valence-corrected chi connectivity index (χ3v) is 4.53. The highest BCUT2D eigenvalue weighted by molar-refractivity contribution is 5.93. The molecule has 0 unspecified atom stereocenters. The van der Waals surface area contributed by atoms with Gasteiger partial charge in [-0.15, -0.1) is 10.2 Å². The Morgan fingerprint density at radius 3 is 2.89 bits per heavy atom. The van der Waals surface area contributed by atoms with Crippen LogP contribution >= 0.6 is 0 Å². The van der Waals surface area contributed by atoms with Crippen molar-refractivity contribution in [2.75, 3.05) is 0 Å². The average Bonchev–Trinajstić information content (AvgIpc) is 3.19. The minimum absolute atomic E-state index is 0.0995. The molecule has 1 aromatic heterocycles. The van der Waals surface area contributed by atoms with Gasteiger partial charge in [0.1, 0.15) is 16.8 Å². The molecule has 2 heterocycles. The predicted molar refractivity (Wildman–Crippen MR) is 103 cm³/mol. The van der Waals surface area contributed by atoms with E-state index in [0.29, 0.717) is 30.0 Å². The van der Waals surface area contributed by atoms with E-state index in [2.05, 4.69) is 20.4 Å². The molecule has 0 aliphatic carbocycles. The van der Waals surface area contributed by atoms with Crippen LogP contribution in [-0.2, 0) is 11.2 Å². The van der Waals surface area contributed by atoms with Crippen molar-refractivity contribution in [2.45, 2.75) is 26.7 Å². The summed E-state index contributed by atoms with van der Waals surface area (Å²) in [6.07, 6.45) is 2.87. The van der Waals surface area contributed by atoms with Gasteiger partial charge >= 0.3 is 0 Å². The number of rotatable bonds is 5. The lowest BCUT2D eigenvalue weighted by atomic mass is 9.99. The Labute approximate surface area is 156 Å². The van der Waals surface area contributed by atoms with Crippen molar-refractivity contribution in [1.82, 2.24) is 4.98 Å². The topological polar surface area (TPSA) is 90.2 Å². The molecule has 4 rings (SSSR count). The maximum absolute atomic E-state index is 12.2. The molecule has 0 bridgehead atoms. The van der Waals surface area contributed by atoms with E-state index in [1.165, 1.54) is 0 Å². The van der Waals surface area contributed by atoms with Crippen LogP contribution in [0.2, 0.25) is 0 Å². The van der Waals surface area contributed by atoms with Crippen LogP contribution in [0.4, 0.5) is 5.69 Å². The number of ketones is 1. The highest BCUT2D eigenvalue weighted by Gasteiger charge is 2.12. The molecule has 6 nitrogen and oxygen atoms in total. The molecule has 27 heavy (non-hydrogen) atoms. The molecule has 0 fully saturated rings. The quantitative estimate of drug-likeness (QED) is 0.729. The SMILES string of the molecule is CC(C)CC(=O)Cc1ccc2[nH]c(O)c(C=c3ccc4c(c3)N=NN=4)c2c1. The average molecular weight is 360 g/mol. The Bertz CT molecular complexity index is 1190. The largest absolute Gasteiger partial charge is 0.494 e. The smallest absolute Gasteiger partial charge is 0.196 e. The van der Waals surface area contributed by atoms with Crippen LogP contribution in [0.15, 0.2) is 51.8 Å². The van der Waals surface area contributed by atoms with E-state index in [4.69, 9.17) is 0 Å². The Kier molecular flexibility index (Phi) is 4.32. The third-order valence-electron chi connectivity index (χ3n) is 4.53. The van der Waals surface area contributed by atoms with Crippen molar-refractivity contribution in [3.05, 3.63) is 58.1 Å². The number of nitrogens with zero attached hydrogens (tertiary/aromatic N) is 3. The molecule has 2 aromatic carbocycles. The van der Waals surface area contributed by atoms with Crippen LogP contribution in [-0.4, -0.2) is 15.9 Å². The lowest BCUT2D eigenvalue weighted by molar-refractivity contribution is -0.119. The summed E-state index contributed by atoms with van der Waals surface area (Å²) in [5, 5.41) is 24.4. The summed E-state index contributed by atoms with van der Waals surface area (Å²) >= 11 is 0. The number of fused-ring (bicyclic) bond motifs is 2. The first-order valence-corrected chi connectivity index (χ1v) is 8.95. The number of hydrogen-bond donors (Lipinski definition) is 2. The van der Waals surface area contributed by atoms with Gasteiger partial charge < -0.3 is 10.1 Å². The van der Waals surface area contributed by atoms with Crippen LogP contribution in [0.1, 0.15) is 31.4 Å². The van der Waals surface area contributed by atoms with Crippen LogP contribution < -0.4 is 10.6 Å². The molecule has 136 valence electrons. The number of aromatic nitrogens is 1. The zero-order valence-electron chi connectivity index (χ0n) is 15.2. The fourth-order valence-electron chi connectivity index (χ4n) is 3.34. The van der Waals surface area contributed by atoms with Gasteiger partial charge in [-0.05, 0) is 52.3 Å². The number of carbonyl (C=O) groups excluding carboxylic acids is 1. The normalized spacial score (nSPS) is 13.4. The summed E-state index contributed by atoms with van der Waals surface area (Å²) in [5.41, 5.74) is 3.18. The summed E-state index contributed by atoms with van der Waals surface area (Å²) in [6, 6.07) is 11.4. The lowest BCUT2D eigenvalue weighted by Gasteiger charge is -2.04. The van der Waals surface area contributed by atoms with E-state index in [1.807, 2.05) is 56.3 Å². The van der Waals surface area contributed by atoms with Crippen LogP contribution in [0, 0.1) is 5.92 Å². The van der Waals surface area contributed by atoms with E-state index >= 15 is 0 Å². The molecule has 1 aliphatic rings. The minimum Gasteiger partial charge on any atom is -0.494 e. The van der Waals surface area contributed by atoms with Crippen molar-refractivity contribution >= 4 is 28.4 Å². The van der Waals surface area contributed by atoms with Gasteiger partial charge in [-0.3, -0.25) is 4.79 Å². The van der Waals surface area contributed by atoms with Gasteiger partial charge in [0.25, 0.3) is 0 Å². The number of Topliss-reactive ketones (excluding diaryl/α,β-unsaturated/α-hetero) is 1. The molecular formula is C21H20N4O2. The molecule has 0 amide bonds. The number of aromatic hydroxyl groups is 1. The molecule has 0 saturated carbocycles. The number of carbonyl (C=O) groups is 1. The zero-order chi connectivity index (χ0) is 19.0. The molecule has 3 aromatic rings. The number of nitrogens with one attached hydrogen (secondary N) is 1. The highest BCUT2D eigenvalue weighted by Crippen LogP contribution is 2.29. The second kappa shape index (κ2) is 6.79. The van der Waals surface area contributed by atoms with Gasteiger partial charge in [0.05, 0.1) is 0 Å². The van der Waals surface area contributed by atoms with Crippen molar-refractivity contribution in [1.29, 1.82) is 0 Å². The van der Waals surface area contributed by atoms with Crippen molar-refractivity contribution in [3.8, 4) is 5.88 Å². The maximum atomic E-state index is 12.2. The minimum atomic E-state index is 0.0995. The molecule has 0 saturated heterocycles. The number of H-pyrrole nitrogens is 1. The predicted octanol–water partition coefficient (Wildman–Crippen LogP) is 3.49. The van der Waals surface area contributed by atoms with E-state index < -0.39 is 0 Å². The molecule has 6 heteroatoms. The number of hydrogen-bond acceptors (Lipinski definition) is 5. The monoisotopic (exact) mass is 360 g/mol. The van der Waals surface area contributed by atoms with Crippen LogP contribution in [0.5, 0.6) is 5.88 Å². The fraction of sp³-hybridized carbons (Fsp3) is 0.238. The molecule has 0 radical (unpaired) electrons. The van der Waals surface area contributed by atoms with Gasteiger partial charge in [-0.1, -0.05) is 26.0 Å². The van der Waals surface area contributed by atoms with Gasteiger partial charge in [0.2, 0.25) is 0 Å². The molecular weight excluding hydrogens is 340 g/mol. The van der Waals surface area contributed by atoms with E-state index in [-0.39, 0.29) is 11.7 Å². The molecule has 0 spiro atoms.